The second kappa shape index (κ2) is 13.5. The second-order valence-electron chi connectivity index (χ2n) is 4.01. The minimum Gasteiger partial charge on any atom is -0.478 e. The van der Waals surface area contributed by atoms with Crippen LogP contribution in [0.3, 0.4) is 0 Å². The minimum atomic E-state index is -0.879. The van der Waals surface area contributed by atoms with Crippen molar-refractivity contribution in [3.63, 3.8) is 0 Å². The van der Waals surface area contributed by atoms with Crippen LogP contribution in [0.2, 0.25) is 0 Å². The standard InChI is InChI=1S/2C7H6O2.C4H6O2/c2*8-7(9)6-4-2-1-3-5-6;5-3-1-2-4-6/h2*1-5H,(H,8,9);5-6H,3-4H2. The number of rotatable bonds is 2. The number of aliphatic hydroxyl groups is 2. The second-order valence-corrected chi connectivity index (χ2v) is 4.01. The molecule has 4 N–H and O–H groups in total. The van der Waals surface area contributed by atoms with Crippen molar-refractivity contribution in [1.82, 2.24) is 0 Å². The molecule has 0 radical (unpaired) electrons. The molecule has 0 bridgehead atoms. The van der Waals surface area contributed by atoms with E-state index in [4.69, 9.17) is 20.4 Å². The van der Waals surface area contributed by atoms with Crippen LogP contribution >= 0.6 is 0 Å². The smallest absolute Gasteiger partial charge is 0.335 e. The lowest BCUT2D eigenvalue weighted by atomic mass is 10.2. The van der Waals surface area contributed by atoms with Crippen LogP contribution in [0.15, 0.2) is 60.7 Å². The summed E-state index contributed by atoms with van der Waals surface area (Å²) < 4.78 is 0. The number of aliphatic hydroxyl groups excluding tert-OH is 2. The average Bonchev–Trinajstić information content (AvgIpc) is 2.62. The Hall–Kier alpha value is -3.14. The van der Waals surface area contributed by atoms with E-state index in [1.807, 2.05) is 0 Å². The lowest BCUT2D eigenvalue weighted by molar-refractivity contribution is 0.0686. The summed E-state index contributed by atoms with van der Waals surface area (Å²) in [6.07, 6.45) is 0. The van der Waals surface area contributed by atoms with Crippen LogP contribution in [-0.2, 0) is 0 Å². The first kappa shape index (κ1) is 20.9. The van der Waals surface area contributed by atoms with E-state index < -0.39 is 11.9 Å². The summed E-state index contributed by atoms with van der Waals surface area (Å²) in [5.74, 6) is 2.75. The van der Waals surface area contributed by atoms with Crippen LogP contribution < -0.4 is 0 Å². The Kier molecular flexibility index (Phi) is 11.7. The van der Waals surface area contributed by atoms with Gasteiger partial charge in [-0.3, -0.25) is 0 Å². The number of hydrogen-bond acceptors (Lipinski definition) is 4. The monoisotopic (exact) mass is 330 g/mol. The van der Waals surface area contributed by atoms with Crippen LogP contribution in [0.4, 0.5) is 0 Å². The Balaban J connectivity index is 0.000000340. The van der Waals surface area contributed by atoms with E-state index in [0.717, 1.165) is 0 Å². The van der Waals surface area contributed by atoms with Crippen molar-refractivity contribution in [2.24, 2.45) is 0 Å². The zero-order valence-electron chi connectivity index (χ0n) is 12.8. The molecule has 0 aliphatic rings. The third-order valence-corrected chi connectivity index (χ3v) is 2.32. The molecule has 0 spiro atoms. The van der Waals surface area contributed by atoms with Gasteiger partial charge in [0.1, 0.15) is 13.2 Å². The van der Waals surface area contributed by atoms with Gasteiger partial charge < -0.3 is 20.4 Å². The van der Waals surface area contributed by atoms with Crippen molar-refractivity contribution in [2.45, 2.75) is 0 Å². The van der Waals surface area contributed by atoms with E-state index in [1.54, 1.807) is 60.7 Å². The van der Waals surface area contributed by atoms with Crippen LogP contribution in [0.5, 0.6) is 0 Å². The van der Waals surface area contributed by atoms with Gasteiger partial charge in [0.05, 0.1) is 11.1 Å². The predicted molar refractivity (Wildman–Crippen MR) is 88.8 cm³/mol. The fourth-order valence-electron chi connectivity index (χ4n) is 1.27. The number of carbonyl (C=O) groups is 2. The number of aromatic carboxylic acids is 2. The molecular weight excluding hydrogens is 312 g/mol. The lowest BCUT2D eigenvalue weighted by Crippen LogP contribution is -1.93. The van der Waals surface area contributed by atoms with E-state index in [1.165, 1.54) is 0 Å². The van der Waals surface area contributed by atoms with Crippen LogP contribution in [-0.4, -0.2) is 45.6 Å². The quantitative estimate of drug-likeness (QED) is 0.624. The highest BCUT2D eigenvalue weighted by atomic mass is 16.4. The van der Waals surface area contributed by atoms with E-state index in [-0.39, 0.29) is 13.2 Å². The van der Waals surface area contributed by atoms with Crippen LogP contribution in [0.25, 0.3) is 0 Å². The molecule has 6 nitrogen and oxygen atoms in total. The molecular formula is C18H18O6. The van der Waals surface area contributed by atoms with Gasteiger partial charge >= 0.3 is 11.9 Å². The normalized spacial score (nSPS) is 8.25. The van der Waals surface area contributed by atoms with Crippen molar-refractivity contribution < 1.29 is 30.0 Å². The van der Waals surface area contributed by atoms with Crippen molar-refractivity contribution in [2.75, 3.05) is 13.2 Å². The molecule has 0 unspecified atom stereocenters. The van der Waals surface area contributed by atoms with Crippen molar-refractivity contribution >= 4 is 11.9 Å². The molecule has 0 saturated heterocycles. The molecule has 6 heteroatoms. The van der Waals surface area contributed by atoms with E-state index in [9.17, 15) is 9.59 Å². The molecule has 0 saturated carbocycles. The average molecular weight is 330 g/mol. The maximum atomic E-state index is 10.2. The third-order valence-electron chi connectivity index (χ3n) is 2.32. The Morgan fingerprint density at radius 3 is 1.12 bits per heavy atom. The largest absolute Gasteiger partial charge is 0.478 e. The molecule has 0 heterocycles. The van der Waals surface area contributed by atoms with Crippen molar-refractivity contribution in [3.05, 3.63) is 71.8 Å². The predicted octanol–water partition coefficient (Wildman–Crippen LogP) is 1.74. The summed E-state index contributed by atoms with van der Waals surface area (Å²) >= 11 is 0. The van der Waals surface area contributed by atoms with Gasteiger partial charge in [0, 0.05) is 0 Å². The van der Waals surface area contributed by atoms with Gasteiger partial charge in [-0.25, -0.2) is 9.59 Å². The first-order valence-electron chi connectivity index (χ1n) is 6.77. The van der Waals surface area contributed by atoms with E-state index in [2.05, 4.69) is 11.8 Å². The molecule has 0 atom stereocenters. The highest BCUT2D eigenvalue weighted by molar-refractivity contribution is 5.87. The molecule has 0 aliphatic heterocycles. The number of carboxylic acids is 2. The van der Waals surface area contributed by atoms with Gasteiger partial charge in [0.25, 0.3) is 0 Å². The maximum Gasteiger partial charge on any atom is 0.335 e. The summed E-state index contributed by atoms with van der Waals surface area (Å²) in [5, 5.41) is 32.6. The summed E-state index contributed by atoms with van der Waals surface area (Å²) in [5.41, 5.74) is 0.662. The zero-order chi connectivity index (χ0) is 18.2. The first-order chi connectivity index (χ1) is 11.5. The van der Waals surface area contributed by atoms with Crippen molar-refractivity contribution in [1.29, 1.82) is 0 Å². The molecule has 0 aromatic heterocycles. The molecule has 0 amide bonds. The zero-order valence-corrected chi connectivity index (χ0v) is 12.8. The van der Waals surface area contributed by atoms with Gasteiger partial charge in [-0.2, -0.15) is 0 Å². The summed E-state index contributed by atoms with van der Waals surface area (Å²) in [6.45, 7) is -0.332. The Morgan fingerprint density at radius 2 is 0.958 bits per heavy atom. The van der Waals surface area contributed by atoms with Gasteiger partial charge in [-0.15, -0.1) is 0 Å². The van der Waals surface area contributed by atoms with E-state index in [0.29, 0.717) is 11.1 Å². The Labute approximate surface area is 139 Å². The van der Waals surface area contributed by atoms with Gasteiger partial charge in [-0.1, -0.05) is 48.2 Å². The Morgan fingerprint density at radius 1 is 0.667 bits per heavy atom. The number of benzene rings is 2. The topological polar surface area (TPSA) is 115 Å². The highest BCUT2D eigenvalue weighted by Crippen LogP contribution is 1.96. The van der Waals surface area contributed by atoms with Crippen LogP contribution in [0.1, 0.15) is 20.7 Å². The first-order valence-corrected chi connectivity index (χ1v) is 6.77. The summed E-state index contributed by atoms with van der Waals surface area (Å²) in [4.78, 5) is 20.4. The lowest BCUT2D eigenvalue weighted by Gasteiger charge is -1.88. The third kappa shape index (κ3) is 10.6. The molecule has 126 valence electrons. The summed E-state index contributed by atoms with van der Waals surface area (Å²) in [6, 6.07) is 16.6. The fourth-order valence-corrected chi connectivity index (χ4v) is 1.27. The van der Waals surface area contributed by atoms with Gasteiger partial charge in [0.2, 0.25) is 0 Å². The van der Waals surface area contributed by atoms with E-state index >= 15 is 0 Å². The molecule has 2 aromatic carbocycles. The van der Waals surface area contributed by atoms with Gasteiger partial charge in [0.15, 0.2) is 0 Å². The number of hydrogen-bond donors (Lipinski definition) is 4. The molecule has 2 rings (SSSR count). The molecule has 2 aromatic rings. The highest BCUT2D eigenvalue weighted by Gasteiger charge is 1.97. The minimum absolute atomic E-state index is 0.166. The summed E-state index contributed by atoms with van der Waals surface area (Å²) in [7, 11) is 0. The molecule has 0 aliphatic carbocycles. The van der Waals surface area contributed by atoms with Gasteiger partial charge in [-0.05, 0) is 24.3 Å². The SMILES string of the molecule is O=C(O)c1ccccc1.O=C(O)c1ccccc1.OCC#CCO. The number of carboxylic acid groups (broad SMARTS) is 2. The molecule has 24 heavy (non-hydrogen) atoms. The van der Waals surface area contributed by atoms with Crippen molar-refractivity contribution in [3.8, 4) is 11.8 Å². The van der Waals surface area contributed by atoms with Crippen LogP contribution in [0, 0.1) is 11.8 Å². The maximum absolute atomic E-state index is 10.2. The Bertz CT molecular complexity index is 599. The molecule has 0 fully saturated rings. The fraction of sp³-hybridized carbons (Fsp3) is 0.111.